The van der Waals surface area contributed by atoms with E-state index in [0.717, 1.165) is 32.7 Å². The molecule has 20 heavy (non-hydrogen) atoms. The molecule has 2 rings (SSSR count). The molecule has 1 fully saturated rings. The first-order valence-electron chi connectivity index (χ1n) is 7.28. The Bertz CT molecular complexity index is 479. The van der Waals surface area contributed by atoms with Crippen molar-refractivity contribution in [3.05, 3.63) is 34.9 Å². The fourth-order valence-corrected chi connectivity index (χ4v) is 2.62. The average Bonchev–Trinajstić information content (AvgIpc) is 2.42. The molecule has 1 heterocycles. The van der Waals surface area contributed by atoms with Gasteiger partial charge in [-0.15, -0.1) is 0 Å². The number of nitrogens with two attached hydrogens (primary N) is 1. The lowest BCUT2D eigenvalue weighted by Crippen LogP contribution is -2.49. The Labute approximate surface area is 121 Å². The molecule has 0 aliphatic carbocycles. The Morgan fingerprint density at radius 1 is 1.20 bits per heavy atom. The van der Waals surface area contributed by atoms with Crippen LogP contribution < -0.4 is 5.73 Å². The summed E-state index contributed by atoms with van der Waals surface area (Å²) < 4.78 is 0. The van der Waals surface area contributed by atoms with Crippen molar-refractivity contribution in [1.82, 2.24) is 9.80 Å². The lowest BCUT2D eigenvalue weighted by Gasteiger charge is -2.35. The number of benzene rings is 1. The van der Waals surface area contributed by atoms with Crippen molar-refractivity contribution >= 4 is 5.91 Å². The van der Waals surface area contributed by atoms with E-state index in [4.69, 9.17) is 5.73 Å². The van der Waals surface area contributed by atoms with Crippen LogP contribution in [-0.2, 0) is 4.79 Å². The molecule has 1 atom stereocenters. The summed E-state index contributed by atoms with van der Waals surface area (Å²) in [5, 5.41) is 0. The summed E-state index contributed by atoms with van der Waals surface area (Å²) in [6.45, 7) is 10.2. The molecular formula is C16H25N3O. The van der Waals surface area contributed by atoms with Crippen LogP contribution in [0.15, 0.2) is 18.2 Å². The summed E-state index contributed by atoms with van der Waals surface area (Å²) in [5.74, 6) is 0.170. The number of piperazine rings is 1. The maximum Gasteiger partial charge on any atom is 0.219 e. The van der Waals surface area contributed by atoms with Crippen molar-refractivity contribution in [2.24, 2.45) is 5.73 Å². The highest BCUT2D eigenvalue weighted by molar-refractivity contribution is 5.73. The van der Waals surface area contributed by atoms with Crippen molar-refractivity contribution in [3.8, 4) is 0 Å². The second kappa shape index (κ2) is 6.37. The van der Waals surface area contributed by atoms with Crippen LogP contribution in [0.25, 0.3) is 0 Å². The van der Waals surface area contributed by atoms with E-state index in [-0.39, 0.29) is 11.9 Å². The molecule has 4 heteroatoms. The highest BCUT2D eigenvalue weighted by atomic mass is 16.2. The molecule has 1 aliphatic heterocycles. The zero-order valence-electron chi connectivity index (χ0n) is 12.7. The number of carbonyl (C=O) groups excluding carboxylic acids is 1. The summed E-state index contributed by atoms with van der Waals surface area (Å²) in [6.07, 6.45) is 0. The summed E-state index contributed by atoms with van der Waals surface area (Å²) in [7, 11) is 0. The first kappa shape index (κ1) is 15.0. The van der Waals surface area contributed by atoms with Crippen LogP contribution in [0.2, 0.25) is 0 Å². The van der Waals surface area contributed by atoms with Crippen LogP contribution in [0.5, 0.6) is 0 Å². The van der Waals surface area contributed by atoms with Crippen molar-refractivity contribution in [2.75, 3.05) is 32.7 Å². The van der Waals surface area contributed by atoms with Gasteiger partial charge in [-0.2, -0.15) is 0 Å². The van der Waals surface area contributed by atoms with Gasteiger partial charge in [-0.1, -0.05) is 18.2 Å². The van der Waals surface area contributed by atoms with E-state index in [1.165, 1.54) is 16.7 Å². The molecule has 0 saturated carbocycles. The number of aryl methyl sites for hydroxylation is 2. The smallest absolute Gasteiger partial charge is 0.219 e. The second-order valence-electron chi connectivity index (χ2n) is 5.76. The number of nitrogens with zero attached hydrogens (tertiary/aromatic N) is 2. The van der Waals surface area contributed by atoms with E-state index in [2.05, 4.69) is 36.9 Å². The summed E-state index contributed by atoms with van der Waals surface area (Å²) in [5.41, 5.74) is 10.1. The van der Waals surface area contributed by atoms with Gasteiger partial charge < -0.3 is 10.6 Å². The molecule has 1 aromatic carbocycles. The fourth-order valence-electron chi connectivity index (χ4n) is 2.62. The third-order valence-corrected chi connectivity index (χ3v) is 4.23. The molecule has 1 unspecified atom stereocenters. The normalized spacial score (nSPS) is 18.1. The number of hydrogen-bond donors (Lipinski definition) is 1. The summed E-state index contributed by atoms with van der Waals surface area (Å²) >= 11 is 0. The molecule has 0 radical (unpaired) electrons. The molecular weight excluding hydrogens is 250 g/mol. The van der Waals surface area contributed by atoms with E-state index in [0.29, 0.717) is 0 Å². The highest BCUT2D eigenvalue weighted by Crippen LogP contribution is 2.17. The Hall–Kier alpha value is -1.39. The largest absolute Gasteiger partial charge is 0.340 e. The number of hydrogen-bond acceptors (Lipinski definition) is 3. The van der Waals surface area contributed by atoms with E-state index < -0.39 is 0 Å². The van der Waals surface area contributed by atoms with E-state index in [9.17, 15) is 4.79 Å². The average molecular weight is 275 g/mol. The SMILES string of the molecule is CC(=O)N1CCN(CC(N)c2ccc(C)c(C)c2)CC1. The third-order valence-electron chi connectivity index (χ3n) is 4.23. The zero-order chi connectivity index (χ0) is 14.7. The molecule has 1 aliphatic rings. The lowest BCUT2D eigenvalue weighted by molar-refractivity contribution is -0.130. The molecule has 2 N–H and O–H groups in total. The van der Waals surface area contributed by atoms with Gasteiger partial charge in [0.25, 0.3) is 0 Å². The van der Waals surface area contributed by atoms with Gasteiger partial charge in [-0.25, -0.2) is 0 Å². The number of rotatable bonds is 3. The zero-order valence-corrected chi connectivity index (χ0v) is 12.7. The maximum absolute atomic E-state index is 11.3. The summed E-state index contributed by atoms with van der Waals surface area (Å²) in [6, 6.07) is 6.49. The van der Waals surface area contributed by atoms with Gasteiger partial charge in [0.2, 0.25) is 5.91 Å². The van der Waals surface area contributed by atoms with Gasteiger partial charge in [0.1, 0.15) is 0 Å². The molecule has 1 amide bonds. The fraction of sp³-hybridized carbons (Fsp3) is 0.562. The first-order chi connectivity index (χ1) is 9.47. The molecule has 1 saturated heterocycles. The van der Waals surface area contributed by atoms with Crippen molar-refractivity contribution < 1.29 is 4.79 Å². The van der Waals surface area contributed by atoms with Gasteiger partial charge in [0.05, 0.1) is 0 Å². The minimum absolute atomic E-state index is 0.0400. The van der Waals surface area contributed by atoms with Gasteiger partial charge in [0.15, 0.2) is 0 Å². The first-order valence-corrected chi connectivity index (χ1v) is 7.28. The highest BCUT2D eigenvalue weighted by Gasteiger charge is 2.20. The second-order valence-corrected chi connectivity index (χ2v) is 5.76. The van der Waals surface area contributed by atoms with E-state index >= 15 is 0 Å². The minimum Gasteiger partial charge on any atom is -0.340 e. The van der Waals surface area contributed by atoms with Gasteiger partial charge >= 0.3 is 0 Å². The number of amides is 1. The molecule has 1 aromatic rings. The Morgan fingerprint density at radius 3 is 2.40 bits per heavy atom. The Morgan fingerprint density at radius 2 is 1.85 bits per heavy atom. The van der Waals surface area contributed by atoms with Crippen LogP contribution in [0, 0.1) is 13.8 Å². The summed E-state index contributed by atoms with van der Waals surface area (Å²) in [4.78, 5) is 15.5. The Kier molecular flexibility index (Phi) is 4.78. The Balaban J connectivity index is 1.90. The van der Waals surface area contributed by atoms with Gasteiger partial charge in [0, 0.05) is 45.7 Å². The monoisotopic (exact) mass is 275 g/mol. The van der Waals surface area contributed by atoms with Crippen LogP contribution >= 0.6 is 0 Å². The predicted octanol–water partition coefficient (Wildman–Crippen LogP) is 1.47. The van der Waals surface area contributed by atoms with E-state index in [1.807, 2.05) is 4.90 Å². The maximum atomic E-state index is 11.3. The predicted molar refractivity (Wildman–Crippen MR) is 81.5 cm³/mol. The molecule has 0 aromatic heterocycles. The van der Waals surface area contributed by atoms with Gasteiger partial charge in [-0.3, -0.25) is 9.69 Å². The molecule has 110 valence electrons. The van der Waals surface area contributed by atoms with E-state index in [1.54, 1.807) is 6.92 Å². The number of carbonyl (C=O) groups is 1. The van der Waals surface area contributed by atoms with Crippen LogP contribution in [0.1, 0.15) is 29.7 Å². The minimum atomic E-state index is 0.0400. The van der Waals surface area contributed by atoms with Crippen molar-refractivity contribution in [1.29, 1.82) is 0 Å². The van der Waals surface area contributed by atoms with Crippen LogP contribution in [0.4, 0.5) is 0 Å². The van der Waals surface area contributed by atoms with Crippen LogP contribution in [0.3, 0.4) is 0 Å². The van der Waals surface area contributed by atoms with Crippen molar-refractivity contribution in [3.63, 3.8) is 0 Å². The standard InChI is InChI=1S/C16H25N3O/c1-12-4-5-15(10-13(12)2)16(17)11-18-6-8-19(9-7-18)14(3)20/h4-5,10,16H,6-9,11,17H2,1-3H3. The third kappa shape index (κ3) is 3.58. The van der Waals surface area contributed by atoms with Crippen LogP contribution in [-0.4, -0.2) is 48.4 Å². The quantitative estimate of drug-likeness (QED) is 0.909. The molecule has 4 nitrogen and oxygen atoms in total. The topological polar surface area (TPSA) is 49.6 Å². The van der Waals surface area contributed by atoms with Gasteiger partial charge in [-0.05, 0) is 30.5 Å². The molecule has 0 spiro atoms. The lowest BCUT2D eigenvalue weighted by atomic mass is 10.0. The van der Waals surface area contributed by atoms with Crippen molar-refractivity contribution in [2.45, 2.75) is 26.8 Å². The molecule has 0 bridgehead atoms.